The van der Waals surface area contributed by atoms with E-state index in [-0.39, 0.29) is 39.1 Å². The van der Waals surface area contributed by atoms with Crippen molar-refractivity contribution in [2.45, 2.75) is 56.1 Å². The summed E-state index contributed by atoms with van der Waals surface area (Å²) in [6, 6.07) is 14.1. The quantitative estimate of drug-likeness (QED) is 0.186. The number of nitrogens with zero attached hydrogens (tertiary/aromatic N) is 6. The van der Waals surface area contributed by atoms with Crippen LogP contribution < -0.4 is 9.64 Å². The maximum atomic E-state index is 15.9. The maximum absolute atomic E-state index is 15.9. The van der Waals surface area contributed by atoms with E-state index in [1.165, 1.54) is 48.0 Å². The van der Waals surface area contributed by atoms with Crippen molar-refractivity contribution in [1.82, 2.24) is 23.9 Å². The number of methoxy groups -OCH3 is 1. The smallest absolute Gasteiger partial charge is 0.420 e. The molecule has 238 valence electrons. The van der Waals surface area contributed by atoms with Crippen LogP contribution in [0, 0.1) is 10.7 Å². The number of carbonyl (C=O) groups is 1. The van der Waals surface area contributed by atoms with Crippen LogP contribution >= 0.6 is 0 Å². The summed E-state index contributed by atoms with van der Waals surface area (Å²) in [5.41, 5.74) is 0.190. The monoisotopic (exact) mass is 645 g/mol. The molecule has 0 aliphatic heterocycles. The molecule has 4 heterocycles. The number of pyridine rings is 2. The fourth-order valence-corrected chi connectivity index (χ4v) is 6.47. The van der Waals surface area contributed by atoms with Gasteiger partial charge in [0.25, 0.3) is 0 Å². The average Bonchev–Trinajstić information content (AvgIpc) is 3.80. The number of anilines is 2. The Kier molecular flexibility index (Phi) is 7.94. The summed E-state index contributed by atoms with van der Waals surface area (Å²) in [6.07, 6.45) is 3.41. The lowest BCUT2D eigenvalue weighted by Gasteiger charge is -2.27. The molecule has 0 spiro atoms. The first-order chi connectivity index (χ1) is 21.9. The van der Waals surface area contributed by atoms with Gasteiger partial charge >= 0.3 is 6.09 Å². The van der Waals surface area contributed by atoms with Crippen LogP contribution in [0.25, 0.3) is 11.0 Å². The molecular weight excluding hydrogens is 613 g/mol. The van der Waals surface area contributed by atoms with Gasteiger partial charge in [0, 0.05) is 34.7 Å². The van der Waals surface area contributed by atoms with Gasteiger partial charge in [0.2, 0.25) is 11.8 Å². The molecule has 6 rings (SSSR count). The van der Waals surface area contributed by atoms with Gasteiger partial charge in [-0.2, -0.15) is 4.39 Å². The minimum atomic E-state index is -3.64. The minimum absolute atomic E-state index is 0.0941. The van der Waals surface area contributed by atoms with Crippen LogP contribution in [0.15, 0.2) is 78.2 Å². The number of rotatable bonds is 8. The molecule has 12 nitrogen and oxygen atoms in total. The zero-order valence-corrected chi connectivity index (χ0v) is 26.4. The molecule has 0 bridgehead atoms. The fraction of sp³-hybridized carbons (Fsp3) is 0.281. The summed E-state index contributed by atoms with van der Waals surface area (Å²) >= 11 is 0. The van der Waals surface area contributed by atoms with E-state index in [0.717, 1.165) is 17.7 Å². The number of hydrogen-bond acceptors (Lipinski definition) is 10. The zero-order valence-electron chi connectivity index (χ0n) is 25.5. The van der Waals surface area contributed by atoms with Crippen LogP contribution in [0.2, 0.25) is 0 Å². The number of aliphatic hydroxyl groups is 1. The number of hydrogen-bond donors (Lipinski definition) is 2. The summed E-state index contributed by atoms with van der Waals surface area (Å²) in [5.74, 6) is -0.766. The van der Waals surface area contributed by atoms with E-state index >= 15 is 4.39 Å². The predicted octanol–water partition coefficient (Wildman–Crippen LogP) is 6.27. The average molecular weight is 646 g/mol. The Labute approximate surface area is 265 Å². The summed E-state index contributed by atoms with van der Waals surface area (Å²) in [7, 11) is -2.18. The van der Waals surface area contributed by atoms with Crippen LogP contribution in [0.1, 0.15) is 62.5 Å². The molecular formula is C32H32FN7O5S. The van der Waals surface area contributed by atoms with E-state index in [4.69, 9.17) is 14.3 Å². The molecule has 2 N–H and O–H groups in total. The third-order valence-corrected chi connectivity index (χ3v) is 9.10. The van der Waals surface area contributed by atoms with Crippen LogP contribution in [-0.4, -0.2) is 52.0 Å². The highest BCUT2D eigenvalue weighted by molar-refractivity contribution is 7.91. The van der Waals surface area contributed by atoms with Crippen molar-refractivity contribution in [3.63, 3.8) is 0 Å². The first-order valence-corrected chi connectivity index (χ1v) is 16.0. The topological polar surface area (TPSA) is 156 Å². The minimum Gasteiger partial charge on any atom is -0.481 e. The Balaban J connectivity index is 1.45. The second-order valence-electron chi connectivity index (χ2n) is 11.8. The van der Waals surface area contributed by atoms with Gasteiger partial charge in [0.15, 0.2) is 15.6 Å². The molecule has 14 heteroatoms. The van der Waals surface area contributed by atoms with Gasteiger partial charge in [-0.25, -0.2) is 42.6 Å². The summed E-state index contributed by atoms with van der Waals surface area (Å²) in [4.78, 5) is 31.6. The molecule has 5 aromatic rings. The highest BCUT2D eigenvalue weighted by Crippen LogP contribution is 2.45. The van der Waals surface area contributed by atoms with Gasteiger partial charge in [0.05, 0.1) is 29.6 Å². The fourth-order valence-electron chi connectivity index (χ4n) is 5.07. The molecule has 1 fully saturated rings. The first kappa shape index (κ1) is 31.0. The van der Waals surface area contributed by atoms with Gasteiger partial charge in [0.1, 0.15) is 23.9 Å². The highest BCUT2D eigenvalue weighted by atomic mass is 32.2. The Morgan fingerprint density at radius 1 is 1.09 bits per heavy atom. The zero-order chi connectivity index (χ0) is 32.8. The Bertz CT molecular complexity index is 2030. The number of amides is 1. The van der Waals surface area contributed by atoms with Gasteiger partial charge in [-0.3, -0.25) is 0 Å². The van der Waals surface area contributed by atoms with Gasteiger partial charge in [-0.1, -0.05) is 18.2 Å². The molecule has 2 atom stereocenters. The number of carbonyl (C=O) groups excluding carboxylic acids is 1. The predicted molar refractivity (Wildman–Crippen MR) is 168 cm³/mol. The summed E-state index contributed by atoms with van der Waals surface area (Å²) < 4.78 is 50.6. The van der Waals surface area contributed by atoms with E-state index in [2.05, 4.69) is 19.9 Å². The largest absolute Gasteiger partial charge is 0.481 e. The van der Waals surface area contributed by atoms with E-state index < -0.39 is 33.7 Å². The van der Waals surface area contributed by atoms with Crippen molar-refractivity contribution in [2.24, 2.45) is 0 Å². The molecule has 4 aromatic heterocycles. The van der Waals surface area contributed by atoms with Crippen molar-refractivity contribution in [1.29, 1.82) is 4.78 Å². The standard InChI is InChI=1S/C32H32FN7O5S/c1-32(2,3)45-31(42)40(20-12-15-25(44-4)35-16-20)24-14-13-22(29(33)38-24)28(41)23-17-39(46(34,43)21-8-6-5-7-9-21)30-26(23)27(19-10-11-19)36-18-37-30/h5-9,12-19,28,34,41H,10-11H2,1-4H3. The maximum Gasteiger partial charge on any atom is 0.420 e. The number of ether oxygens (including phenoxy) is 2. The first-order valence-electron chi connectivity index (χ1n) is 14.5. The van der Waals surface area contributed by atoms with Crippen LogP contribution in [0.5, 0.6) is 5.88 Å². The van der Waals surface area contributed by atoms with Gasteiger partial charge in [-0.05, 0) is 63.9 Å². The second kappa shape index (κ2) is 11.8. The summed E-state index contributed by atoms with van der Waals surface area (Å²) in [5, 5.41) is 12.1. The number of benzene rings is 1. The molecule has 1 aliphatic carbocycles. The molecule has 0 radical (unpaired) electrons. The van der Waals surface area contributed by atoms with Crippen LogP contribution in [0.3, 0.4) is 0 Å². The number of halogens is 1. The Hall–Kier alpha value is -4.95. The number of aromatic nitrogens is 5. The van der Waals surface area contributed by atoms with Gasteiger partial charge < -0.3 is 14.6 Å². The van der Waals surface area contributed by atoms with E-state index in [0.29, 0.717) is 17.0 Å². The van der Waals surface area contributed by atoms with E-state index in [1.807, 2.05) is 0 Å². The van der Waals surface area contributed by atoms with Crippen molar-refractivity contribution in [3.05, 3.63) is 96.1 Å². The third kappa shape index (κ3) is 5.88. The number of fused-ring (bicyclic) bond motifs is 1. The van der Waals surface area contributed by atoms with Crippen molar-refractivity contribution in [2.75, 3.05) is 12.0 Å². The molecule has 0 saturated heterocycles. The SMILES string of the molecule is COc1ccc(N(C(=O)OC(C)(C)C)c2ccc(C(O)c3cn(S(=N)(=O)c4ccccc4)c4ncnc(C5CC5)c34)c(F)n2)cn1. The third-order valence-electron chi connectivity index (χ3n) is 7.36. The molecule has 1 saturated carbocycles. The van der Waals surface area contributed by atoms with E-state index in [9.17, 15) is 14.1 Å². The molecule has 1 aromatic carbocycles. The normalized spacial score (nSPS) is 15.3. The van der Waals surface area contributed by atoms with Gasteiger partial charge in [-0.15, -0.1) is 0 Å². The molecule has 1 amide bonds. The Morgan fingerprint density at radius 3 is 2.43 bits per heavy atom. The van der Waals surface area contributed by atoms with Crippen LogP contribution in [0.4, 0.5) is 20.7 Å². The molecule has 46 heavy (non-hydrogen) atoms. The Morgan fingerprint density at radius 2 is 1.83 bits per heavy atom. The van der Waals surface area contributed by atoms with Crippen LogP contribution in [-0.2, 0) is 14.7 Å². The van der Waals surface area contributed by atoms with E-state index in [1.54, 1.807) is 57.2 Å². The molecule has 1 aliphatic rings. The van der Waals surface area contributed by atoms with Crippen molar-refractivity contribution >= 4 is 38.5 Å². The van der Waals surface area contributed by atoms with Crippen molar-refractivity contribution in [3.8, 4) is 5.88 Å². The summed E-state index contributed by atoms with van der Waals surface area (Å²) in [6.45, 7) is 5.10. The molecule has 2 unspecified atom stereocenters. The number of aliphatic hydroxyl groups excluding tert-OH is 1. The lowest BCUT2D eigenvalue weighted by Crippen LogP contribution is -2.34. The number of nitrogens with one attached hydrogen (secondary N) is 1. The lowest BCUT2D eigenvalue weighted by atomic mass is 10.0. The lowest BCUT2D eigenvalue weighted by molar-refractivity contribution is 0.0598. The highest BCUT2D eigenvalue weighted by Gasteiger charge is 2.34. The second-order valence-corrected chi connectivity index (χ2v) is 13.7. The van der Waals surface area contributed by atoms with Crippen molar-refractivity contribution < 1.29 is 28.0 Å².